The number of esters is 2. The highest BCUT2D eigenvalue weighted by Crippen LogP contribution is 2.61. The number of ether oxygens (including phenoxy) is 2. The van der Waals surface area contributed by atoms with E-state index in [2.05, 4.69) is 91.8 Å². The monoisotopic (exact) mass is 534 g/mol. The van der Waals surface area contributed by atoms with Crippen LogP contribution in [0.3, 0.4) is 0 Å². The smallest absolute Gasteiger partial charge is 0.335 e. The van der Waals surface area contributed by atoms with Crippen LogP contribution in [0.5, 0.6) is 0 Å². The van der Waals surface area contributed by atoms with Gasteiger partial charge in [-0.15, -0.1) is 0 Å². The first-order valence-corrected chi connectivity index (χ1v) is 15.6. The van der Waals surface area contributed by atoms with Crippen molar-refractivity contribution in [2.75, 3.05) is 0 Å². The molecule has 0 aliphatic heterocycles. The summed E-state index contributed by atoms with van der Waals surface area (Å²) in [5.74, 6) is -0.400. The lowest BCUT2D eigenvalue weighted by Gasteiger charge is -2.39. The summed E-state index contributed by atoms with van der Waals surface area (Å²) in [5, 5.41) is 0. The fourth-order valence-corrected chi connectivity index (χ4v) is 7.86. The van der Waals surface area contributed by atoms with Gasteiger partial charge < -0.3 is 9.47 Å². The quantitative estimate of drug-likeness (QED) is 0.263. The standard InChI is InChI=1S/C35H50O4/c1-9-23-17-19-34(13-5,25(11-3)21-23)38-31(36)29-27-15-16-28(33(27,7)8)30(29)32(37)39-35(14-6)20-18-24(10-2)22-26(35)12-4/h17-22,25-28H,9-16H2,1-8H3. The summed E-state index contributed by atoms with van der Waals surface area (Å²) >= 11 is 0. The Morgan fingerprint density at radius 1 is 0.718 bits per heavy atom. The Kier molecular flexibility index (Phi) is 8.55. The minimum Gasteiger partial charge on any atom is -0.451 e. The maximum absolute atomic E-state index is 14.2. The predicted octanol–water partition coefficient (Wildman–Crippen LogP) is 8.60. The lowest BCUT2D eigenvalue weighted by atomic mass is 9.77. The van der Waals surface area contributed by atoms with Crippen molar-refractivity contribution in [1.29, 1.82) is 0 Å². The van der Waals surface area contributed by atoms with Crippen molar-refractivity contribution >= 4 is 11.9 Å². The summed E-state index contributed by atoms with van der Waals surface area (Å²) in [6.45, 7) is 17.2. The Labute approximate surface area is 236 Å². The van der Waals surface area contributed by atoms with E-state index in [1.807, 2.05) is 0 Å². The molecule has 1 saturated carbocycles. The topological polar surface area (TPSA) is 52.6 Å². The maximum Gasteiger partial charge on any atom is 0.335 e. The second-order valence-electron chi connectivity index (χ2n) is 12.6. The third-order valence-electron chi connectivity index (χ3n) is 10.6. The number of rotatable bonds is 10. The van der Waals surface area contributed by atoms with E-state index in [-0.39, 0.29) is 41.0 Å². The molecule has 0 saturated heterocycles. The Bertz CT molecular complexity index is 1050. The van der Waals surface area contributed by atoms with Gasteiger partial charge >= 0.3 is 11.9 Å². The van der Waals surface area contributed by atoms with Crippen LogP contribution in [0, 0.1) is 29.1 Å². The largest absolute Gasteiger partial charge is 0.451 e. The average molecular weight is 535 g/mol. The molecular weight excluding hydrogens is 484 g/mol. The number of hydrogen-bond donors (Lipinski definition) is 0. The van der Waals surface area contributed by atoms with Crippen LogP contribution in [0.4, 0.5) is 0 Å². The maximum atomic E-state index is 14.2. The average Bonchev–Trinajstić information content (AvgIpc) is 3.37. The van der Waals surface area contributed by atoms with Crippen LogP contribution in [0.2, 0.25) is 0 Å². The van der Waals surface area contributed by atoms with E-state index >= 15 is 0 Å². The zero-order chi connectivity index (χ0) is 28.6. The van der Waals surface area contributed by atoms with Crippen molar-refractivity contribution in [3.05, 3.63) is 58.7 Å². The van der Waals surface area contributed by atoms with Crippen LogP contribution in [-0.2, 0) is 19.1 Å². The minimum absolute atomic E-state index is 0.00823. The van der Waals surface area contributed by atoms with Gasteiger partial charge in [0.1, 0.15) is 11.2 Å². The van der Waals surface area contributed by atoms with E-state index in [1.165, 1.54) is 11.1 Å². The van der Waals surface area contributed by atoms with Crippen molar-refractivity contribution in [3.63, 3.8) is 0 Å². The third kappa shape index (κ3) is 4.91. The molecule has 214 valence electrons. The first kappa shape index (κ1) is 29.6. The molecule has 6 atom stereocenters. The van der Waals surface area contributed by atoms with Crippen LogP contribution in [0.1, 0.15) is 107 Å². The van der Waals surface area contributed by atoms with E-state index < -0.39 is 11.2 Å². The van der Waals surface area contributed by atoms with Crippen molar-refractivity contribution in [1.82, 2.24) is 0 Å². The molecule has 0 radical (unpaired) electrons. The molecule has 39 heavy (non-hydrogen) atoms. The summed E-state index contributed by atoms with van der Waals surface area (Å²) < 4.78 is 13.0. The van der Waals surface area contributed by atoms with Gasteiger partial charge in [0.05, 0.1) is 11.1 Å². The molecule has 0 aromatic carbocycles. The highest BCUT2D eigenvalue weighted by atomic mass is 16.6. The molecular formula is C35H50O4. The number of fused-ring (bicyclic) bond motifs is 2. The SMILES string of the molecule is CCC1=CC(CC)C(CC)(OC(=O)C2=C(C(=O)OC3(CC)C=CC(CC)=CC3CC)C3CCC2C3(C)C)C=C1. The van der Waals surface area contributed by atoms with Crippen molar-refractivity contribution in [2.24, 2.45) is 29.1 Å². The molecule has 0 N–H and O–H groups in total. The van der Waals surface area contributed by atoms with Crippen molar-refractivity contribution in [3.8, 4) is 0 Å². The van der Waals surface area contributed by atoms with E-state index in [9.17, 15) is 9.59 Å². The van der Waals surface area contributed by atoms with Gasteiger partial charge in [0.2, 0.25) is 0 Å². The molecule has 0 amide bonds. The molecule has 0 heterocycles. The molecule has 0 aromatic heterocycles. The Morgan fingerprint density at radius 3 is 1.41 bits per heavy atom. The molecule has 1 fully saturated rings. The van der Waals surface area contributed by atoms with E-state index in [4.69, 9.17) is 9.47 Å². The fourth-order valence-electron chi connectivity index (χ4n) is 7.86. The van der Waals surface area contributed by atoms with Gasteiger partial charge in [-0.05, 0) is 80.8 Å². The Balaban J connectivity index is 1.70. The van der Waals surface area contributed by atoms with Gasteiger partial charge in [0, 0.05) is 11.8 Å². The summed E-state index contributed by atoms with van der Waals surface area (Å²) in [4.78, 5) is 28.3. The normalized spacial score (nSPS) is 34.7. The van der Waals surface area contributed by atoms with Crippen molar-refractivity contribution in [2.45, 2.75) is 118 Å². The number of carbonyl (C=O) groups is 2. The lowest BCUT2D eigenvalue weighted by Crippen LogP contribution is -2.43. The Morgan fingerprint density at radius 2 is 1.10 bits per heavy atom. The molecule has 4 aliphatic carbocycles. The highest BCUT2D eigenvalue weighted by molar-refractivity contribution is 6.03. The molecule has 4 nitrogen and oxygen atoms in total. The number of hydrogen-bond acceptors (Lipinski definition) is 4. The molecule has 2 bridgehead atoms. The summed E-state index contributed by atoms with van der Waals surface area (Å²) in [7, 11) is 0. The summed E-state index contributed by atoms with van der Waals surface area (Å²) in [6, 6.07) is 0. The number of carbonyl (C=O) groups excluding carboxylic acids is 2. The number of allylic oxidation sites excluding steroid dienone is 4. The second-order valence-corrected chi connectivity index (χ2v) is 12.6. The zero-order valence-electron chi connectivity index (χ0n) is 25.6. The zero-order valence-corrected chi connectivity index (χ0v) is 25.6. The van der Waals surface area contributed by atoms with Crippen LogP contribution >= 0.6 is 0 Å². The van der Waals surface area contributed by atoms with Gasteiger partial charge in [0.15, 0.2) is 0 Å². The first-order valence-electron chi connectivity index (χ1n) is 15.6. The van der Waals surface area contributed by atoms with E-state index in [0.29, 0.717) is 24.0 Å². The van der Waals surface area contributed by atoms with Crippen LogP contribution in [0.25, 0.3) is 0 Å². The molecule has 0 aromatic rings. The van der Waals surface area contributed by atoms with Crippen LogP contribution in [-0.4, -0.2) is 23.1 Å². The van der Waals surface area contributed by atoms with E-state index in [1.54, 1.807) is 0 Å². The fraction of sp³-hybridized carbons (Fsp3) is 0.657. The summed E-state index contributed by atoms with van der Waals surface area (Å²) in [6.07, 6.45) is 19.9. The van der Waals surface area contributed by atoms with Crippen molar-refractivity contribution < 1.29 is 19.1 Å². The van der Waals surface area contributed by atoms with E-state index in [0.717, 1.165) is 38.5 Å². The highest BCUT2D eigenvalue weighted by Gasteiger charge is 2.58. The lowest BCUT2D eigenvalue weighted by molar-refractivity contribution is -0.158. The molecule has 4 aliphatic rings. The van der Waals surface area contributed by atoms with Crippen LogP contribution in [0.15, 0.2) is 58.7 Å². The predicted molar refractivity (Wildman–Crippen MR) is 158 cm³/mol. The van der Waals surface area contributed by atoms with Crippen LogP contribution < -0.4 is 0 Å². The van der Waals surface area contributed by atoms with Gasteiger partial charge in [0.25, 0.3) is 0 Å². The first-order chi connectivity index (χ1) is 18.6. The minimum atomic E-state index is -0.691. The van der Waals surface area contributed by atoms with Gasteiger partial charge in [-0.2, -0.15) is 0 Å². The summed E-state index contributed by atoms with van der Waals surface area (Å²) in [5.41, 5.74) is 2.15. The molecule has 4 heteroatoms. The molecule has 6 unspecified atom stereocenters. The van der Waals surface area contributed by atoms with Gasteiger partial charge in [-0.25, -0.2) is 9.59 Å². The van der Waals surface area contributed by atoms with Gasteiger partial charge in [-0.1, -0.05) is 90.8 Å². The third-order valence-corrected chi connectivity index (χ3v) is 10.6. The molecule has 0 spiro atoms. The molecule has 4 rings (SSSR count). The van der Waals surface area contributed by atoms with Gasteiger partial charge in [-0.3, -0.25) is 0 Å². The Hall–Kier alpha value is -2.36. The second kappa shape index (κ2) is 11.3.